The molecule has 1 aliphatic heterocycles. The van der Waals surface area contributed by atoms with Crippen molar-refractivity contribution in [2.24, 2.45) is 0 Å². The lowest BCUT2D eigenvalue weighted by molar-refractivity contribution is 0.147. The number of anilines is 1. The fourth-order valence-corrected chi connectivity index (χ4v) is 4.34. The van der Waals surface area contributed by atoms with Crippen LogP contribution in [0.3, 0.4) is 0 Å². The molecule has 2 aromatic carbocycles. The number of pyridine rings is 1. The molecule has 3 aromatic rings. The Labute approximate surface area is 196 Å². The summed E-state index contributed by atoms with van der Waals surface area (Å²) in [4.78, 5) is 9.62. The molecule has 7 nitrogen and oxygen atoms in total. The highest BCUT2D eigenvalue weighted by Gasteiger charge is 2.16. The maximum Gasteiger partial charge on any atom is 0.161 e. The zero-order chi connectivity index (χ0) is 23.4. The van der Waals surface area contributed by atoms with Crippen molar-refractivity contribution in [2.45, 2.75) is 20.0 Å². The maximum absolute atomic E-state index is 5.64. The first-order valence-electron chi connectivity index (χ1n) is 11.3. The SMILES string of the molecule is COc1ccc(CNc2cc3cc(OC)c(OC)cc3c(C)n2)cc1CN1CCN(C)CC1. The van der Waals surface area contributed by atoms with E-state index in [0.29, 0.717) is 18.0 Å². The molecule has 0 aliphatic carbocycles. The number of nitrogens with zero attached hydrogens (tertiary/aromatic N) is 3. The summed E-state index contributed by atoms with van der Waals surface area (Å²) in [6.07, 6.45) is 0. The molecule has 4 rings (SSSR count). The molecule has 0 unspecified atom stereocenters. The fourth-order valence-electron chi connectivity index (χ4n) is 4.34. The van der Waals surface area contributed by atoms with Gasteiger partial charge in [-0.05, 0) is 55.3 Å². The molecule has 176 valence electrons. The maximum atomic E-state index is 5.64. The monoisotopic (exact) mass is 450 g/mol. The molecule has 0 radical (unpaired) electrons. The molecular formula is C26H34N4O3. The second kappa shape index (κ2) is 10.3. The molecule has 0 spiro atoms. The van der Waals surface area contributed by atoms with Crippen molar-refractivity contribution in [1.29, 1.82) is 0 Å². The van der Waals surface area contributed by atoms with Crippen LogP contribution in [0.15, 0.2) is 36.4 Å². The van der Waals surface area contributed by atoms with Crippen LogP contribution in [0.2, 0.25) is 0 Å². The van der Waals surface area contributed by atoms with Crippen LogP contribution < -0.4 is 19.5 Å². The third-order valence-electron chi connectivity index (χ3n) is 6.33. The van der Waals surface area contributed by atoms with Gasteiger partial charge in [0.15, 0.2) is 11.5 Å². The van der Waals surface area contributed by atoms with Crippen molar-refractivity contribution in [3.8, 4) is 17.2 Å². The summed E-state index contributed by atoms with van der Waals surface area (Å²) >= 11 is 0. The highest BCUT2D eigenvalue weighted by molar-refractivity contribution is 5.89. The van der Waals surface area contributed by atoms with Crippen molar-refractivity contribution in [2.75, 3.05) is 59.9 Å². The first-order valence-corrected chi connectivity index (χ1v) is 11.3. The van der Waals surface area contributed by atoms with Crippen LogP contribution in [0.25, 0.3) is 10.8 Å². The summed E-state index contributed by atoms with van der Waals surface area (Å²) in [5, 5.41) is 5.61. The third-order valence-corrected chi connectivity index (χ3v) is 6.33. The molecule has 1 aliphatic rings. The van der Waals surface area contributed by atoms with E-state index in [1.54, 1.807) is 21.3 Å². The Bertz CT molecular complexity index is 1110. The zero-order valence-corrected chi connectivity index (χ0v) is 20.3. The van der Waals surface area contributed by atoms with Crippen molar-refractivity contribution in [3.63, 3.8) is 0 Å². The van der Waals surface area contributed by atoms with Gasteiger partial charge in [-0.25, -0.2) is 4.98 Å². The number of fused-ring (bicyclic) bond motifs is 1. The molecule has 0 saturated carbocycles. The second-order valence-electron chi connectivity index (χ2n) is 8.60. The number of hydrogen-bond acceptors (Lipinski definition) is 7. The van der Waals surface area contributed by atoms with E-state index < -0.39 is 0 Å². The van der Waals surface area contributed by atoms with Crippen LogP contribution in [-0.4, -0.2) is 69.3 Å². The van der Waals surface area contributed by atoms with Gasteiger partial charge in [-0.3, -0.25) is 4.90 Å². The Morgan fingerprint density at radius 2 is 1.58 bits per heavy atom. The van der Waals surface area contributed by atoms with E-state index in [1.807, 2.05) is 19.1 Å². The Morgan fingerprint density at radius 3 is 2.27 bits per heavy atom. The molecular weight excluding hydrogens is 416 g/mol. The predicted octanol–water partition coefficient (Wildman–Crippen LogP) is 3.93. The standard InChI is InChI=1S/C26H34N4O3/c1-18-22-15-25(33-5)24(32-4)13-20(22)14-26(28-18)27-16-19-6-7-23(31-3)21(12-19)17-30-10-8-29(2)9-11-30/h6-7,12-15H,8-11,16-17H2,1-5H3,(H,27,28). The summed E-state index contributed by atoms with van der Waals surface area (Å²) in [6.45, 7) is 7.97. The lowest BCUT2D eigenvalue weighted by Crippen LogP contribution is -2.43. The minimum absolute atomic E-state index is 0.685. The minimum Gasteiger partial charge on any atom is -0.496 e. The van der Waals surface area contributed by atoms with E-state index in [0.717, 1.165) is 60.8 Å². The van der Waals surface area contributed by atoms with Gasteiger partial charge in [-0.15, -0.1) is 0 Å². The van der Waals surface area contributed by atoms with Gasteiger partial charge in [-0.1, -0.05) is 6.07 Å². The molecule has 1 fully saturated rings. The number of piperazine rings is 1. The number of aromatic nitrogens is 1. The Morgan fingerprint density at radius 1 is 0.879 bits per heavy atom. The van der Waals surface area contributed by atoms with E-state index in [-0.39, 0.29) is 0 Å². The Hall–Kier alpha value is -3.03. The molecule has 0 amide bonds. The van der Waals surface area contributed by atoms with Gasteiger partial charge in [-0.2, -0.15) is 0 Å². The van der Waals surface area contributed by atoms with Gasteiger partial charge >= 0.3 is 0 Å². The van der Waals surface area contributed by atoms with E-state index >= 15 is 0 Å². The lowest BCUT2D eigenvalue weighted by atomic mass is 10.1. The van der Waals surface area contributed by atoms with Gasteiger partial charge < -0.3 is 24.4 Å². The number of hydrogen-bond donors (Lipinski definition) is 1. The quantitative estimate of drug-likeness (QED) is 0.558. The zero-order valence-electron chi connectivity index (χ0n) is 20.3. The van der Waals surface area contributed by atoms with Crippen LogP contribution >= 0.6 is 0 Å². The number of likely N-dealkylation sites (N-methyl/N-ethyl adjacent to an activating group) is 1. The highest BCUT2D eigenvalue weighted by Crippen LogP contribution is 2.34. The summed E-state index contributed by atoms with van der Waals surface area (Å²) in [6, 6.07) is 12.5. The lowest BCUT2D eigenvalue weighted by Gasteiger charge is -2.32. The normalized spacial score (nSPS) is 14.9. The number of benzene rings is 2. The predicted molar refractivity (Wildman–Crippen MR) is 133 cm³/mol. The molecule has 1 aromatic heterocycles. The number of rotatable bonds is 8. The number of aryl methyl sites for hydroxylation is 1. The van der Waals surface area contributed by atoms with Gasteiger partial charge in [0, 0.05) is 55.9 Å². The first kappa shape index (κ1) is 23.1. The summed E-state index contributed by atoms with van der Waals surface area (Å²) in [7, 11) is 7.22. The van der Waals surface area contributed by atoms with E-state index in [4.69, 9.17) is 19.2 Å². The van der Waals surface area contributed by atoms with Crippen LogP contribution in [0, 0.1) is 6.92 Å². The molecule has 33 heavy (non-hydrogen) atoms. The van der Waals surface area contributed by atoms with E-state index in [9.17, 15) is 0 Å². The molecule has 7 heteroatoms. The second-order valence-corrected chi connectivity index (χ2v) is 8.60. The number of nitrogens with one attached hydrogen (secondary N) is 1. The molecule has 0 bridgehead atoms. The van der Waals surface area contributed by atoms with Crippen molar-refractivity contribution in [3.05, 3.63) is 53.2 Å². The Kier molecular flexibility index (Phi) is 7.20. The average Bonchev–Trinajstić information content (AvgIpc) is 2.83. The van der Waals surface area contributed by atoms with Crippen LogP contribution in [0.1, 0.15) is 16.8 Å². The summed E-state index contributed by atoms with van der Waals surface area (Å²) in [5.74, 6) is 3.20. The van der Waals surface area contributed by atoms with Gasteiger partial charge in [0.2, 0.25) is 0 Å². The van der Waals surface area contributed by atoms with Gasteiger partial charge in [0.05, 0.1) is 21.3 Å². The minimum atomic E-state index is 0.685. The average molecular weight is 451 g/mol. The number of methoxy groups -OCH3 is 3. The van der Waals surface area contributed by atoms with E-state index in [2.05, 4.69) is 46.4 Å². The highest BCUT2D eigenvalue weighted by atomic mass is 16.5. The summed E-state index contributed by atoms with van der Waals surface area (Å²) < 4.78 is 16.6. The van der Waals surface area contributed by atoms with E-state index in [1.165, 1.54) is 11.1 Å². The largest absolute Gasteiger partial charge is 0.496 e. The number of ether oxygens (including phenoxy) is 3. The van der Waals surface area contributed by atoms with Gasteiger partial charge in [0.25, 0.3) is 0 Å². The molecule has 2 heterocycles. The summed E-state index contributed by atoms with van der Waals surface area (Å²) in [5.41, 5.74) is 3.37. The molecule has 1 saturated heterocycles. The van der Waals surface area contributed by atoms with Crippen molar-refractivity contribution >= 4 is 16.6 Å². The van der Waals surface area contributed by atoms with Crippen LogP contribution in [-0.2, 0) is 13.1 Å². The molecule has 0 atom stereocenters. The smallest absolute Gasteiger partial charge is 0.161 e. The van der Waals surface area contributed by atoms with Crippen molar-refractivity contribution in [1.82, 2.24) is 14.8 Å². The first-order chi connectivity index (χ1) is 16.0. The van der Waals surface area contributed by atoms with Crippen LogP contribution in [0.5, 0.6) is 17.2 Å². The topological polar surface area (TPSA) is 59.1 Å². The van der Waals surface area contributed by atoms with Gasteiger partial charge in [0.1, 0.15) is 11.6 Å². The molecule has 1 N–H and O–H groups in total. The Balaban J connectivity index is 1.51. The third kappa shape index (κ3) is 5.31. The van der Waals surface area contributed by atoms with Crippen LogP contribution in [0.4, 0.5) is 5.82 Å². The van der Waals surface area contributed by atoms with Crippen molar-refractivity contribution < 1.29 is 14.2 Å². The fraction of sp³-hybridized carbons (Fsp3) is 0.423.